The second-order valence-electron chi connectivity index (χ2n) is 10.1. The van der Waals surface area contributed by atoms with Crippen LogP contribution in [0.25, 0.3) is 0 Å². The first kappa shape index (κ1) is 26.2. The number of ether oxygens (including phenoxy) is 1. The van der Waals surface area contributed by atoms with E-state index in [1.165, 1.54) is 12.1 Å². The molecule has 1 aliphatic heterocycles. The number of rotatable bonds is 10. The highest BCUT2D eigenvalue weighted by molar-refractivity contribution is 6.51. The summed E-state index contributed by atoms with van der Waals surface area (Å²) in [4.78, 5) is 14.9. The molecule has 2 N–H and O–H groups in total. The summed E-state index contributed by atoms with van der Waals surface area (Å²) in [6.45, 7) is 11.3. The molecule has 7 heteroatoms. The summed E-state index contributed by atoms with van der Waals surface area (Å²) >= 11 is 0. The van der Waals surface area contributed by atoms with E-state index in [0.717, 1.165) is 16.6 Å². The summed E-state index contributed by atoms with van der Waals surface area (Å²) < 4.78 is 19.5. The lowest BCUT2D eigenvalue weighted by Crippen LogP contribution is -2.49. The molecule has 5 nitrogen and oxygen atoms in total. The molecule has 1 amide bonds. The Bertz CT molecular complexity index is 949. The van der Waals surface area contributed by atoms with Gasteiger partial charge in [-0.05, 0) is 62.8 Å². The molecule has 0 aromatic heterocycles. The molecule has 183 valence electrons. The Morgan fingerprint density at radius 1 is 1.15 bits per heavy atom. The van der Waals surface area contributed by atoms with Crippen LogP contribution >= 0.6 is 0 Å². The number of hydrogen-bond donors (Lipinski definition) is 2. The molecule has 0 unspecified atom stereocenters. The molecule has 0 spiro atoms. The van der Waals surface area contributed by atoms with Crippen molar-refractivity contribution in [3.63, 3.8) is 0 Å². The van der Waals surface area contributed by atoms with Gasteiger partial charge in [-0.3, -0.25) is 0 Å². The van der Waals surface area contributed by atoms with Gasteiger partial charge in [0.15, 0.2) is 0 Å². The van der Waals surface area contributed by atoms with Crippen LogP contribution in [0.4, 0.5) is 9.18 Å². The van der Waals surface area contributed by atoms with Crippen LogP contribution in [0.2, 0.25) is 0 Å². The Hall–Kier alpha value is -2.38. The number of carbonyl (C=O) groups excluding carboxylic acids is 1. The number of benzene rings is 2. The molecular formula is C27H37BFN2O3. The van der Waals surface area contributed by atoms with Crippen molar-refractivity contribution in [3.05, 3.63) is 65.5 Å². The number of nitrogens with one attached hydrogen (secondary N) is 1. The van der Waals surface area contributed by atoms with Gasteiger partial charge in [0, 0.05) is 25.1 Å². The smallest absolute Gasteiger partial charge is 0.411 e. The molecule has 1 fully saturated rings. The van der Waals surface area contributed by atoms with Gasteiger partial charge in [-0.25, -0.2) is 9.18 Å². The van der Waals surface area contributed by atoms with Crippen LogP contribution in [0, 0.1) is 11.7 Å². The quantitative estimate of drug-likeness (QED) is 0.499. The lowest BCUT2D eigenvalue weighted by atomic mass is 9.76. The zero-order chi connectivity index (χ0) is 24.9. The first-order valence-corrected chi connectivity index (χ1v) is 12.2. The maximum absolute atomic E-state index is 13.5. The van der Waals surface area contributed by atoms with Crippen molar-refractivity contribution in [3.8, 4) is 0 Å². The van der Waals surface area contributed by atoms with Gasteiger partial charge in [0.25, 0.3) is 0 Å². The van der Waals surface area contributed by atoms with E-state index in [9.17, 15) is 14.3 Å². The number of aliphatic hydroxyl groups excluding tert-OH is 1. The predicted molar refractivity (Wildman–Crippen MR) is 134 cm³/mol. The van der Waals surface area contributed by atoms with Gasteiger partial charge in [0.05, 0.1) is 6.04 Å². The number of halogens is 1. The Morgan fingerprint density at radius 2 is 1.79 bits per heavy atom. The Balaban J connectivity index is 1.69. The second kappa shape index (κ2) is 10.9. The van der Waals surface area contributed by atoms with Crippen molar-refractivity contribution in [2.45, 2.75) is 71.1 Å². The normalized spacial score (nSPS) is 19.8. The van der Waals surface area contributed by atoms with Crippen molar-refractivity contribution in [1.82, 2.24) is 10.1 Å². The molecule has 0 bridgehead atoms. The zero-order valence-electron chi connectivity index (χ0n) is 21.0. The van der Waals surface area contributed by atoms with Crippen LogP contribution in [0.3, 0.4) is 0 Å². The van der Waals surface area contributed by atoms with E-state index in [0.29, 0.717) is 31.7 Å². The molecule has 2 atom stereocenters. The molecular weight excluding hydrogens is 430 g/mol. The summed E-state index contributed by atoms with van der Waals surface area (Å²) in [5.74, 6) is 0.162. The van der Waals surface area contributed by atoms with Crippen LogP contribution in [0.1, 0.15) is 71.0 Å². The highest BCUT2D eigenvalue weighted by Gasteiger charge is 2.43. The van der Waals surface area contributed by atoms with Crippen molar-refractivity contribution < 1.29 is 19.0 Å². The minimum atomic E-state index is -0.850. The van der Waals surface area contributed by atoms with Crippen LogP contribution in [0.15, 0.2) is 48.5 Å². The van der Waals surface area contributed by atoms with E-state index in [1.54, 1.807) is 17.0 Å². The van der Waals surface area contributed by atoms with E-state index in [-0.39, 0.29) is 24.0 Å². The van der Waals surface area contributed by atoms with E-state index in [2.05, 4.69) is 45.1 Å². The molecule has 0 saturated carbocycles. The predicted octanol–water partition coefficient (Wildman–Crippen LogP) is 4.67. The monoisotopic (exact) mass is 467 g/mol. The molecule has 0 aliphatic carbocycles. The van der Waals surface area contributed by atoms with Crippen LogP contribution in [-0.2, 0) is 10.3 Å². The van der Waals surface area contributed by atoms with Gasteiger partial charge < -0.3 is 20.0 Å². The Morgan fingerprint density at radius 3 is 2.35 bits per heavy atom. The van der Waals surface area contributed by atoms with Gasteiger partial charge >= 0.3 is 6.09 Å². The number of carbonyl (C=O) groups is 1. The number of nitrogens with zero attached hydrogens (tertiary/aromatic N) is 1. The van der Waals surface area contributed by atoms with Crippen LogP contribution in [0.5, 0.6) is 0 Å². The van der Waals surface area contributed by atoms with E-state index < -0.39 is 11.7 Å². The van der Waals surface area contributed by atoms with Crippen molar-refractivity contribution >= 4 is 19.0 Å². The molecule has 2 aromatic carbocycles. The molecule has 1 saturated heterocycles. The number of cyclic esters (lactones) is 1. The van der Waals surface area contributed by atoms with Gasteiger partial charge in [-0.1, -0.05) is 55.7 Å². The maximum atomic E-state index is 13.5. The highest BCUT2D eigenvalue weighted by atomic mass is 19.1. The largest absolute Gasteiger partial charge is 0.438 e. The third kappa shape index (κ3) is 6.00. The average molecular weight is 467 g/mol. The Kier molecular flexibility index (Phi) is 8.42. The summed E-state index contributed by atoms with van der Waals surface area (Å²) in [7, 11) is 2.03. The lowest BCUT2D eigenvalue weighted by molar-refractivity contribution is -0.0680. The summed E-state index contributed by atoms with van der Waals surface area (Å²) in [5.41, 5.74) is 2.01. The van der Waals surface area contributed by atoms with Crippen LogP contribution in [-0.4, -0.2) is 42.2 Å². The number of hydrogen-bond acceptors (Lipinski definition) is 4. The van der Waals surface area contributed by atoms with Gasteiger partial charge in [-0.2, -0.15) is 0 Å². The molecule has 1 aliphatic rings. The number of amides is 1. The van der Waals surface area contributed by atoms with Gasteiger partial charge in [-0.15, -0.1) is 0 Å². The van der Waals surface area contributed by atoms with Gasteiger partial charge in [0.2, 0.25) is 7.41 Å². The maximum Gasteiger partial charge on any atom is 0.411 e. The molecule has 2 aromatic rings. The van der Waals surface area contributed by atoms with Crippen LogP contribution < -0.4 is 10.7 Å². The first-order chi connectivity index (χ1) is 16.1. The summed E-state index contributed by atoms with van der Waals surface area (Å²) in [5, 5.41) is 12.9. The zero-order valence-corrected chi connectivity index (χ0v) is 21.0. The molecule has 1 heterocycles. The molecule has 3 rings (SSSR count). The SMILES string of the molecule is CC(C)C(C)(C)N[B]c1ccc([C@H](C)N2CC[C@](CCCO)(c3ccc(F)cc3)OC2=O)cc1. The fourth-order valence-electron chi connectivity index (χ4n) is 4.15. The highest BCUT2D eigenvalue weighted by Crippen LogP contribution is 2.40. The van der Waals surface area contributed by atoms with Crippen molar-refractivity contribution in [2.75, 3.05) is 13.2 Å². The minimum Gasteiger partial charge on any atom is -0.438 e. The second-order valence-corrected chi connectivity index (χ2v) is 10.1. The van der Waals surface area contributed by atoms with Crippen molar-refractivity contribution in [1.29, 1.82) is 0 Å². The Labute approximate surface area is 204 Å². The standard InChI is InChI=1S/C27H37BFN2O3/c1-19(2)26(4,5)30-28-23-11-7-21(8-12-23)20(3)31-17-16-27(15-6-18-32,34-25(31)33)22-9-13-24(29)14-10-22/h7-14,19-20,30,32H,6,15-18H2,1-5H3/t20-,27+/m0/s1. The summed E-state index contributed by atoms with van der Waals surface area (Å²) in [6.07, 6.45) is 1.18. The topological polar surface area (TPSA) is 61.8 Å². The molecule has 34 heavy (non-hydrogen) atoms. The fourth-order valence-corrected chi connectivity index (χ4v) is 4.15. The summed E-state index contributed by atoms with van der Waals surface area (Å²) in [6, 6.07) is 14.1. The lowest BCUT2D eigenvalue weighted by Gasteiger charge is -2.43. The third-order valence-electron chi connectivity index (χ3n) is 7.32. The van der Waals surface area contributed by atoms with E-state index in [1.807, 2.05) is 26.5 Å². The van der Waals surface area contributed by atoms with E-state index in [4.69, 9.17) is 4.74 Å². The minimum absolute atomic E-state index is 0.00340. The fraction of sp³-hybridized carbons (Fsp3) is 0.519. The van der Waals surface area contributed by atoms with E-state index >= 15 is 0 Å². The van der Waals surface area contributed by atoms with Gasteiger partial charge in [0.1, 0.15) is 11.4 Å². The molecule has 1 radical (unpaired) electrons. The average Bonchev–Trinajstić information content (AvgIpc) is 2.82. The number of aliphatic hydroxyl groups is 1. The first-order valence-electron chi connectivity index (χ1n) is 12.2. The van der Waals surface area contributed by atoms with Crippen molar-refractivity contribution in [2.24, 2.45) is 5.92 Å². The third-order valence-corrected chi connectivity index (χ3v) is 7.32.